The van der Waals surface area contributed by atoms with Gasteiger partial charge in [0.2, 0.25) is 0 Å². The highest BCUT2D eigenvalue weighted by Crippen LogP contribution is 2.36. The Morgan fingerprint density at radius 3 is 2.25 bits per heavy atom. The zero-order chi connectivity index (χ0) is 16.5. The van der Waals surface area contributed by atoms with Crippen molar-refractivity contribution in [1.29, 1.82) is 0 Å². The molecule has 1 atom stereocenters. The number of carbonyl (C=O) groups excluding carboxylic acids is 1. The van der Waals surface area contributed by atoms with Crippen LogP contribution >= 0.6 is 15.9 Å². The van der Waals surface area contributed by atoms with Gasteiger partial charge in [0, 0.05) is 15.8 Å². The van der Waals surface area contributed by atoms with Gasteiger partial charge in [0.15, 0.2) is 0 Å². The van der Waals surface area contributed by atoms with Crippen LogP contribution in [0.4, 0.5) is 11.4 Å². The molecule has 0 bridgehead atoms. The van der Waals surface area contributed by atoms with Gasteiger partial charge in [0.25, 0.3) is 5.91 Å². The molecule has 24 heavy (non-hydrogen) atoms. The fraction of sp³-hybridized carbons (Fsp3) is 0.0500. The number of carbonyl (C=O) groups is 1. The molecule has 0 aromatic heterocycles. The van der Waals surface area contributed by atoms with E-state index in [-0.39, 0.29) is 12.1 Å². The van der Waals surface area contributed by atoms with Crippen LogP contribution in [0.25, 0.3) is 0 Å². The van der Waals surface area contributed by atoms with Gasteiger partial charge in [-0.1, -0.05) is 58.4 Å². The van der Waals surface area contributed by atoms with Crippen molar-refractivity contribution in [1.82, 2.24) is 0 Å². The number of hydrogen-bond acceptors (Lipinski definition) is 2. The molecule has 0 aliphatic carbocycles. The molecule has 1 amide bonds. The van der Waals surface area contributed by atoms with Crippen LogP contribution in [-0.2, 0) is 0 Å². The van der Waals surface area contributed by atoms with Crippen molar-refractivity contribution in [3.05, 3.63) is 94.5 Å². The first-order valence-electron chi connectivity index (χ1n) is 7.74. The molecule has 0 spiro atoms. The van der Waals surface area contributed by atoms with Crippen LogP contribution < -0.4 is 10.2 Å². The SMILES string of the molecule is O=C1c2ccccc2NC(c2ccc(Br)cc2)N1c1ccccc1. The Kier molecular flexibility index (Phi) is 3.82. The molecule has 3 aromatic rings. The van der Waals surface area contributed by atoms with E-state index in [2.05, 4.69) is 21.2 Å². The highest BCUT2D eigenvalue weighted by molar-refractivity contribution is 9.10. The molecule has 4 rings (SSSR count). The molecule has 1 aliphatic rings. The van der Waals surface area contributed by atoms with Crippen molar-refractivity contribution in [3.63, 3.8) is 0 Å². The molecule has 0 radical (unpaired) electrons. The van der Waals surface area contributed by atoms with Crippen molar-refractivity contribution in [2.75, 3.05) is 10.2 Å². The van der Waals surface area contributed by atoms with Gasteiger partial charge in [-0.25, -0.2) is 0 Å². The molecule has 1 unspecified atom stereocenters. The topological polar surface area (TPSA) is 32.3 Å². The van der Waals surface area contributed by atoms with Gasteiger partial charge in [-0.05, 0) is 42.0 Å². The summed E-state index contributed by atoms with van der Waals surface area (Å²) in [5, 5.41) is 3.50. The average molecular weight is 379 g/mol. The second kappa shape index (κ2) is 6.13. The molecule has 3 aromatic carbocycles. The van der Waals surface area contributed by atoms with Crippen LogP contribution in [0.1, 0.15) is 22.1 Å². The Labute approximate surface area is 149 Å². The van der Waals surface area contributed by atoms with E-state index >= 15 is 0 Å². The normalized spacial score (nSPS) is 16.5. The second-order valence-corrected chi connectivity index (χ2v) is 6.57. The molecule has 1 N–H and O–H groups in total. The number of rotatable bonds is 2. The van der Waals surface area contributed by atoms with E-state index in [1.165, 1.54) is 0 Å². The minimum atomic E-state index is -0.247. The first-order valence-corrected chi connectivity index (χ1v) is 8.53. The van der Waals surface area contributed by atoms with Crippen molar-refractivity contribution in [2.45, 2.75) is 6.17 Å². The summed E-state index contributed by atoms with van der Waals surface area (Å²) in [6.07, 6.45) is -0.247. The molecule has 0 saturated heterocycles. The zero-order valence-electron chi connectivity index (χ0n) is 12.8. The van der Waals surface area contributed by atoms with Crippen LogP contribution in [0.2, 0.25) is 0 Å². The predicted octanol–water partition coefficient (Wildman–Crippen LogP) is 5.22. The number of para-hydroxylation sites is 2. The molecule has 1 heterocycles. The Bertz CT molecular complexity index is 878. The van der Waals surface area contributed by atoms with Gasteiger partial charge in [-0.2, -0.15) is 0 Å². The lowest BCUT2D eigenvalue weighted by Gasteiger charge is -2.38. The summed E-state index contributed by atoms with van der Waals surface area (Å²) in [7, 11) is 0. The van der Waals surface area contributed by atoms with Gasteiger partial charge < -0.3 is 5.32 Å². The maximum atomic E-state index is 13.1. The monoisotopic (exact) mass is 378 g/mol. The quantitative estimate of drug-likeness (QED) is 0.662. The van der Waals surface area contributed by atoms with Gasteiger partial charge in [0.05, 0.1) is 5.56 Å². The predicted molar refractivity (Wildman–Crippen MR) is 100 cm³/mol. The summed E-state index contributed by atoms with van der Waals surface area (Å²) >= 11 is 3.47. The van der Waals surface area contributed by atoms with Gasteiger partial charge in [-0.3, -0.25) is 9.69 Å². The number of halogens is 1. The van der Waals surface area contributed by atoms with E-state index in [1.54, 1.807) is 0 Å². The lowest BCUT2D eigenvalue weighted by molar-refractivity contribution is 0.0975. The Morgan fingerprint density at radius 2 is 1.50 bits per heavy atom. The zero-order valence-corrected chi connectivity index (χ0v) is 14.4. The first-order chi connectivity index (χ1) is 11.7. The van der Waals surface area contributed by atoms with Gasteiger partial charge in [-0.15, -0.1) is 0 Å². The van der Waals surface area contributed by atoms with Crippen molar-refractivity contribution >= 4 is 33.2 Å². The molecule has 1 aliphatic heterocycles. The number of benzene rings is 3. The summed E-state index contributed by atoms with van der Waals surface area (Å²) in [6, 6.07) is 25.4. The largest absolute Gasteiger partial charge is 0.360 e. The van der Waals surface area contributed by atoms with Crippen molar-refractivity contribution in [2.24, 2.45) is 0 Å². The third-order valence-corrected chi connectivity index (χ3v) is 4.68. The first kappa shape index (κ1) is 15.0. The van der Waals surface area contributed by atoms with Gasteiger partial charge in [0.1, 0.15) is 6.17 Å². The third kappa shape index (κ3) is 2.59. The molecule has 0 saturated carbocycles. The fourth-order valence-electron chi connectivity index (χ4n) is 2.99. The van der Waals surface area contributed by atoms with Crippen molar-refractivity contribution in [3.8, 4) is 0 Å². The fourth-order valence-corrected chi connectivity index (χ4v) is 3.25. The number of amides is 1. The van der Waals surface area contributed by atoms with E-state index < -0.39 is 0 Å². The molecule has 4 heteroatoms. The average Bonchev–Trinajstić information content (AvgIpc) is 2.63. The Morgan fingerprint density at radius 1 is 0.833 bits per heavy atom. The maximum Gasteiger partial charge on any atom is 0.262 e. The number of anilines is 2. The van der Waals surface area contributed by atoms with E-state index in [0.29, 0.717) is 5.56 Å². The minimum absolute atomic E-state index is 0.00321. The van der Waals surface area contributed by atoms with E-state index in [9.17, 15) is 4.79 Å². The summed E-state index contributed by atoms with van der Waals surface area (Å²) in [4.78, 5) is 15.0. The summed E-state index contributed by atoms with van der Waals surface area (Å²) in [5.41, 5.74) is 3.46. The van der Waals surface area contributed by atoms with Gasteiger partial charge >= 0.3 is 0 Å². The second-order valence-electron chi connectivity index (χ2n) is 5.65. The Balaban J connectivity index is 1.86. The highest BCUT2D eigenvalue weighted by atomic mass is 79.9. The van der Waals surface area contributed by atoms with Crippen LogP contribution in [0.5, 0.6) is 0 Å². The third-order valence-electron chi connectivity index (χ3n) is 4.15. The number of fused-ring (bicyclic) bond motifs is 1. The Hall–Kier alpha value is -2.59. The number of nitrogens with zero attached hydrogens (tertiary/aromatic N) is 1. The summed E-state index contributed by atoms with van der Waals surface area (Å²) in [6.45, 7) is 0. The maximum absolute atomic E-state index is 13.1. The van der Waals surface area contributed by atoms with Crippen LogP contribution in [0.3, 0.4) is 0 Å². The lowest BCUT2D eigenvalue weighted by atomic mass is 10.0. The molecular weight excluding hydrogens is 364 g/mol. The molecule has 0 fully saturated rings. The van der Waals surface area contributed by atoms with E-state index in [0.717, 1.165) is 21.4 Å². The number of hydrogen-bond donors (Lipinski definition) is 1. The van der Waals surface area contributed by atoms with Crippen LogP contribution in [0, 0.1) is 0 Å². The minimum Gasteiger partial charge on any atom is -0.360 e. The lowest BCUT2D eigenvalue weighted by Crippen LogP contribution is -2.43. The summed E-state index contributed by atoms with van der Waals surface area (Å²) in [5.74, 6) is 0.00321. The van der Waals surface area contributed by atoms with Crippen LogP contribution in [-0.4, -0.2) is 5.91 Å². The molecule has 118 valence electrons. The highest BCUT2D eigenvalue weighted by Gasteiger charge is 2.33. The summed E-state index contributed by atoms with van der Waals surface area (Å²) < 4.78 is 1.01. The van der Waals surface area contributed by atoms with Crippen LogP contribution in [0.15, 0.2) is 83.3 Å². The molecular formula is C20H15BrN2O. The number of nitrogens with one attached hydrogen (secondary N) is 1. The molecule has 3 nitrogen and oxygen atoms in total. The van der Waals surface area contributed by atoms with E-state index in [1.807, 2.05) is 83.8 Å². The van der Waals surface area contributed by atoms with E-state index in [4.69, 9.17) is 0 Å². The standard InChI is InChI=1S/C20H15BrN2O/c21-15-12-10-14(11-13-15)19-22-18-9-5-4-8-17(18)20(24)23(19)16-6-2-1-3-7-16/h1-13,19,22H. The smallest absolute Gasteiger partial charge is 0.262 e. The van der Waals surface area contributed by atoms with Crippen molar-refractivity contribution < 1.29 is 4.79 Å².